The number of benzene rings is 3. The van der Waals surface area contributed by atoms with Gasteiger partial charge >= 0.3 is 0 Å². The molecule has 3 aromatic carbocycles. The molecule has 3 aromatic rings. The van der Waals surface area contributed by atoms with E-state index in [9.17, 15) is 0 Å². The molecule has 1 aliphatic rings. The standard InChI is InChI=1S/C13H12.C11H14/c1-3-7-12(8-4-1)11-13-9-5-2-6-10-13;1-2-9-7-10-5-3-4-6-11(10)8-9/h1-10H,11H2;3-6,9H,2,7-8H2,1H3. The van der Waals surface area contributed by atoms with Crippen molar-refractivity contribution in [3.63, 3.8) is 0 Å². The quantitative estimate of drug-likeness (QED) is 0.549. The zero-order valence-electron chi connectivity index (χ0n) is 14.5. The average molecular weight is 314 g/mol. The zero-order valence-corrected chi connectivity index (χ0v) is 14.5. The van der Waals surface area contributed by atoms with Crippen LogP contribution in [0.4, 0.5) is 0 Å². The van der Waals surface area contributed by atoms with Gasteiger partial charge in [-0.15, -0.1) is 0 Å². The van der Waals surface area contributed by atoms with Crippen LogP contribution in [0.3, 0.4) is 0 Å². The van der Waals surface area contributed by atoms with Crippen LogP contribution in [0.15, 0.2) is 84.9 Å². The molecule has 0 amide bonds. The SMILES string of the molecule is CCC1Cc2ccccc2C1.c1ccc(Cc2ccccc2)cc1. The summed E-state index contributed by atoms with van der Waals surface area (Å²) >= 11 is 0. The summed E-state index contributed by atoms with van der Waals surface area (Å²) in [5.74, 6) is 0.924. The van der Waals surface area contributed by atoms with E-state index in [0.717, 1.165) is 12.3 Å². The molecule has 122 valence electrons. The van der Waals surface area contributed by atoms with Crippen LogP contribution in [-0.2, 0) is 19.3 Å². The summed E-state index contributed by atoms with van der Waals surface area (Å²) in [6, 6.07) is 29.9. The lowest BCUT2D eigenvalue weighted by Gasteiger charge is -2.01. The zero-order chi connectivity index (χ0) is 16.6. The van der Waals surface area contributed by atoms with Crippen LogP contribution in [-0.4, -0.2) is 0 Å². The summed E-state index contributed by atoms with van der Waals surface area (Å²) in [5.41, 5.74) is 5.90. The van der Waals surface area contributed by atoms with Crippen molar-refractivity contribution in [3.05, 3.63) is 107 Å². The van der Waals surface area contributed by atoms with Gasteiger partial charge in [-0.3, -0.25) is 0 Å². The lowest BCUT2D eigenvalue weighted by molar-refractivity contribution is 0.543. The summed E-state index contributed by atoms with van der Waals surface area (Å²) in [5, 5.41) is 0. The first-order chi connectivity index (χ1) is 11.8. The molecule has 0 N–H and O–H groups in total. The average Bonchev–Trinajstić information content (AvgIpc) is 3.07. The smallest absolute Gasteiger partial charge is 0.00258 e. The molecule has 0 heteroatoms. The number of hydrogen-bond acceptors (Lipinski definition) is 0. The summed E-state index contributed by atoms with van der Waals surface area (Å²) in [6.45, 7) is 2.29. The van der Waals surface area contributed by atoms with Gasteiger partial charge in [0, 0.05) is 0 Å². The molecule has 0 radical (unpaired) electrons. The molecule has 0 bridgehead atoms. The predicted octanol–water partition coefficient (Wildman–Crippen LogP) is 6.09. The van der Waals surface area contributed by atoms with Crippen molar-refractivity contribution in [1.29, 1.82) is 0 Å². The first kappa shape index (κ1) is 16.5. The minimum atomic E-state index is 0.924. The fourth-order valence-corrected chi connectivity index (χ4v) is 3.37. The fraction of sp³-hybridized carbons (Fsp3) is 0.250. The molecule has 0 saturated carbocycles. The normalized spacial score (nSPS) is 13.0. The summed E-state index contributed by atoms with van der Waals surface area (Å²) in [7, 11) is 0. The summed E-state index contributed by atoms with van der Waals surface area (Å²) in [6.07, 6.45) is 4.98. The van der Waals surface area contributed by atoms with Crippen LogP contribution in [0.5, 0.6) is 0 Å². The number of hydrogen-bond donors (Lipinski definition) is 0. The van der Waals surface area contributed by atoms with E-state index in [1.54, 1.807) is 11.1 Å². The molecule has 0 unspecified atom stereocenters. The van der Waals surface area contributed by atoms with Gasteiger partial charge in [0.2, 0.25) is 0 Å². The van der Waals surface area contributed by atoms with Gasteiger partial charge in [-0.2, -0.15) is 0 Å². The third-order valence-electron chi connectivity index (χ3n) is 4.81. The maximum atomic E-state index is 2.29. The predicted molar refractivity (Wildman–Crippen MR) is 103 cm³/mol. The summed E-state index contributed by atoms with van der Waals surface area (Å²) < 4.78 is 0. The van der Waals surface area contributed by atoms with Crippen LogP contribution in [0.25, 0.3) is 0 Å². The lowest BCUT2D eigenvalue weighted by atomic mass is 10.0. The van der Waals surface area contributed by atoms with Gasteiger partial charge in [0.25, 0.3) is 0 Å². The Morgan fingerprint density at radius 2 is 1.04 bits per heavy atom. The molecule has 0 nitrogen and oxygen atoms in total. The van der Waals surface area contributed by atoms with E-state index in [0.29, 0.717) is 0 Å². The highest BCUT2D eigenvalue weighted by Crippen LogP contribution is 2.27. The minimum absolute atomic E-state index is 0.924. The van der Waals surface area contributed by atoms with E-state index in [-0.39, 0.29) is 0 Å². The van der Waals surface area contributed by atoms with Gasteiger partial charge in [0.15, 0.2) is 0 Å². The lowest BCUT2D eigenvalue weighted by Crippen LogP contribution is -1.95. The van der Waals surface area contributed by atoms with Crippen molar-refractivity contribution in [2.45, 2.75) is 32.6 Å². The maximum absolute atomic E-state index is 2.29. The van der Waals surface area contributed by atoms with Crippen molar-refractivity contribution in [2.24, 2.45) is 5.92 Å². The molecule has 0 atom stereocenters. The van der Waals surface area contributed by atoms with Crippen LogP contribution in [0, 0.1) is 5.92 Å². The Morgan fingerprint density at radius 1 is 0.625 bits per heavy atom. The second-order valence-electron chi connectivity index (χ2n) is 6.60. The molecule has 0 aromatic heterocycles. The third kappa shape index (κ3) is 4.58. The molecular formula is C24H26. The van der Waals surface area contributed by atoms with Crippen LogP contribution in [0.2, 0.25) is 0 Å². The van der Waals surface area contributed by atoms with E-state index >= 15 is 0 Å². The van der Waals surface area contributed by atoms with Crippen molar-refractivity contribution in [2.75, 3.05) is 0 Å². The van der Waals surface area contributed by atoms with Gasteiger partial charge in [0.05, 0.1) is 0 Å². The molecule has 1 aliphatic carbocycles. The molecule has 0 spiro atoms. The Hall–Kier alpha value is -2.34. The highest BCUT2D eigenvalue weighted by Gasteiger charge is 2.18. The van der Waals surface area contributed by atoms with E-state index in [4.69, 9.17) is 0 Å². The molecular weight excluding hydrogens is 288 g/mol. The Balaban J connectivity index is 0.000000143. The van der Waals surface area contributed by atoms with Gasteiger partial charge in [-0.1, -0.05) is 98.3 Å². The van der Waals surface area contributed by atoms with E-state index in [1.165, 1.54) is 30.4 Å². The van der Waals surface area contributed by atoms with Crippen molar-refractivity contribution in [1.82, 2.24) is 0 Å². The number of fused-ring (bicyclic) bond motifs is 1. The van der Waals surface area contributed by atoms with Gasteiger partial charge in [0.1, 0.15) is 0 Å². The topological polar surface area (TPSA) is 0 Å². The third-order valence-corrected chi connectivity index (χ3v) is 4.81. The highest BCUT2D eigenvalue weighted by molar-refractivity contribution is 5.31. The van der Waals surface area contributed by atoms with E-state index in [2.05, 4.69) is 91.9 Å². The number of rotatable bonds is 3. The Kier molecular flexibility index (Phi) is 5.85. The van der Waals surface area contributed by atoms with Gasteiger partial charge < -0.3 is 0 Å². The summed E-state index contributed by atoms with van der Waals surface area (Å²) in [4.78, 5) is 0. The monoisotopic (exact) mass is 314 g/mol. The molecule has 0 heterocycles. The first-order valence-electron chi connectivity index (χ1n) is 8.99. The van der Waals surface area contributed by atoms with E-state index < -0.39 is 0 Å². The van der Waals surface area contributed by atoms with Gasteiger partial charge in [-0.05, 0) is 47.4 Å². The Labute approximate surface area is 146 Å². The Morgan fingerprint density at radius 3 is 1.46 bits per heavy atom. The van der Waals surface area contributed by atoms with Crippen molar-refractivity contribution < 1.29 is 0 Å². The highest BCUT2D eigenvalue weighted by atomic mass is 14.2. The minimum Gasteiger partial charge on any atom is -0.0651 e. The molecule has 0 saturated heterocycles. The van der Waals surface area contributed by atoms with Crippen LogP contribution in [0.1, 0.15) is 35.6 Å². The maximum Gasteiger partial charge on any atom is -0.00258 e. The molecule has 0 aliphatic heterocycles. The second kappa shape index (κ2) is 8.49. The van der Waals surface area contributed by atoms with Crippen LogP contribution >= 0.6 is 0 Å². The molecule has 0 fully saturated rings. The van der Waals surface area contributed by atoms with Crippen molar-refractivity contribution in [3.8, 4) is 0 Å². The van der Waals surface area contributed by atoms with Crippen molar-refractivity contribution >= 4 is 0 Å². The van der Waals surface area contributed by atoms with Crippen LogP contribution < -0.4 is 0 Å². The largest absolute Gasteiger partial charge is 0.0651 e. The molecule has 4 rings (SSSR count). The first-order valence-corrected chi connectivity index (χ1v) is 8.99. The van der Waals surface area contributed by atoms with Gasteiger partial charge in [-0.25, -0.2) is 0 Å². The van der Waals surface area contributed by atoms with E-state index in [1.807, 2.05) is 0 Å². The fourth-order valence-electron chi connectivity index (χ4n) is 3.37. The molecule has 24 heavy (non-hydrogen) atoms. The Bertz CT molecular complexity index is 666. The second-order valence-corrected chi connectivity index (χ2v) is 6.60.